The van der Waals surface area contributed by atoms with Gasteiger partial charge in [-0.15, -0.1) is 6.58 Å². The predicted molar refractivity (Wildman–Crippen MR) is 81.9 cm³/mol. The Bertz CT molecular complexity index is 315. The van der Waals surface area contributed by atoms with E-state index in [1.165, 1.54) is 19.3 Å². The van der Waals surface area contributed by atoms with Gasteiger partial charge in [0.15, 0.2) is 5.78 Å². The lowest BCUT2D eigenvalue weighted by atomic mass is 9.86. The molecule has 0 aromatic heterocycles. The molecule has 2 fully saturated rings. The number of Topliss-reactive ketones (excluding diaryl/α,β-unsaturated/α-hetero) is 1. The minimum absolute atomic E-state index is 0.137. The van der Waals surface area contributed by atoms with Crippen molar-refractivity contribution in [3.05, 3.63) is 12.7 Å². The van der Waals surface area contributed by atoms with Gasteiger partial charge in [0.1, 0.15) is 0 Å². The monoisotopic (exact) mass is 279 g/mol. The first-order chi connectivity index (χ1) is 9.79. The van der Waals surface area contributed by atoms with Gasteiger partial charge in [0.25, 0.3) is 0 Å². The van der Waals surface area contributed by atoms with Crippen molar-refractivity contribution in [2.45, 2.75) is 63.3 Å². The van der Waals surface area contributed by atoms with Crippen LogP contribution in [0.5, 0.6) is 0 Å². The van der Waals surface area contributed by atoms with E-state index < -0.39 is 0 Å². The fraction of sp³-hybridized carbons (Fsp3) is 0.824. The zero-order valence-electron chi connectivity index (χ0n) is 12.7. The summed E-state index contributed by atoms with van der Waals surface area (Å²) < 4.78 is 5.45. The summed E-state index contributed by atoms with van der Waals surface area (Å²) in [6.07, 6.45) is 11.7. The number of ketones is 1. The van der Waals surface area contributed by atoms with Crippen LogP contribution in [-0.4, -0.2) is 42.5 Å². The largest absolute Gasteiger partial charge is 0.379 e. The van der Waals surface area contributed by atoms with Crippen molar-refractivity contribution in [2.24, 2.45) is 0 Å². The SMILES string of the molecule is C=CCCCCCC(=O)C1(N2CCOCC2)CCCC1. The molecule has 0 atom stereocenters. The standard InChI is InChI=1S/C17H29NO2/c1-2-3-4-5-6-9-16(19)17(10-7-8-11-17)18-12-14-20-15-13-18/h2H,1,3-15H2. The molecule has 1 saturated heterocycles. The minimum Gasteiger partial charge on any atom is -0.379 e. The Morgan fingerprint density at radius 3 is 2.50 bits per heavy atom. The molecule has 0 amide bonds. The number of allylic oxidation sites excluding steroid dienone is 1. The minimum atomic E-state index is -0.137. The van der Waals surface area contributed by atoms with E-state index in [1.54, 1.807) is 0 Å². The maximum absolute atomic E-state index is 12.8. The Labute approximate surface area is 123 Å². The van der Waals surface area contributed by atoms with Crippen molar-refractivity contribution in [1.29, 1.82) is 0 Å². The lowest BCUT2D eigenvalue weighted by Crippen LogP contribution is -2.56. The first-order valence-electron chi connectivity index (χ1n) is 8.26. The van der Waals surface area contributed by atoms with Crippen LogP contribution < -0.4 is 0 Å². The van der Waals surface area contributed by atoms with Crippen LogP contribution in [0.25, 0.3) is 0 Å². The molecule has 3 nitrogen and oxygen atoms in total. The van der Waals surface area contributed by atoms with Crippen LogP contribution in [0.15, 0.2) is 12.7 Å². The van der Waals surface area contributed by atoms with E-state index in [0.717, 1.165) is 64.8 Å². The van der Waals surface area contributed by atoms with E-state index >= 15 is 0 Å². The smallest absolute Gasteiger partial charge is 0.153 e. The van der Waals surface area contributed by atoms with Crippen LogP contribution >= 0.6 is 0 Å². The predicted octanol–water partition coefficient (Wildman–Crippen LogP) is 3.34. The second-order valence-electron chi connectivity index (χ2n) is 6.15. The average Bonchev–Trinajstić information content (AvgIpc) is 2.99. The number of unbranched alkanes of at least 4 members (excludes halogenated alkanes) is 3. The second kappa shape index (κ2) is 7.94. The first-order valence-corrected chi connectivity index (χ1v) is 8.26. The number of carbonyl (C=O) groups is 1. The highest BCUT2D eigenvalue weighted by Crippen LogP contribution is 2.37. The highest BCUT2D eigenvalue weighted by Gasteiger charge is 2.45. The Morgan fingerprint density at radius 2 is 1.85 bits per heavy atom. The number of carbonyl (C=O) groups excluding carboxylic acids is 1. The Kier molecular flexibility index (Phi) is 6.24. The van der Waals surface area contributed by atoms with Gasteiger partial charge in [0, 0.05) is 19.5 Å². The lowest BCUT2D eigenvalue weighted by molar-refractivity contribution is -0.134. The van der Waals surface area contributed by atoms with E-state index in [-0.39, 0.29) is 5.54 Å². The molecule has 0 aromatic carbocycles. The molecule has 0 spiro atoms. The number of rotatable bonds is 8. The van der Waals surface area contributed by atoms with Crippen LogP contribution in [0.3, 0.4) is 0 Å². The normalized spacial score (nSPS) is 22.8. The number of hydrogen-bond acceptors (Lipinski definition) is 3. The van der Waals surface area contributed by atoms with E-state index in [1.807, 2.05) is 6.08 Å². The summed E-state index contributed by atoms with van der Waals surface area (Å²) in [5, 5.41) is 0. The molecule has 1 aliphatic carbocycles. The summed E-state index contributed by atoms with van der Waals surface area (Å²) in [6, 6.07) is 0. The van der Waals surface area contributed by atoms with Gasteiger partial charge in [-0.3, -0.25) is 9.69 Å². The molecule has 1 saturated carbocycles. The fourth-order valence-electron chi connectivity index (χ4n) is 3.71. The van der Waals surface area contributed by atoms with Gasteiger partial charge in [-0.1, -0.05) is 25.3 Å². The van der Waals surface area contributed by atoms with Crippen LogP contribution in [-0.2, 0) is 9.53 Å². The van der Waals surface area contributed by atoms with Gasteiger partial charge in [-0.05, 0) is 32.1 Å². The van der Waals surface area contributed by atoms with Gasteiger partial charge in [0.05, 0.1) is 18.8 Å². The van der Waals surface area contributed by atoms with Crippen LogP contribution in [0.4, 0.5) is 0 Å². The molecule has 0 aromatic rings. The zero-order chi connectivity index (χ0) is 14.3. The van der Waals surface area contributed by atoms with Crippen molar-refractivity contribution >= 4 is 5.78 Å². The molecule has 0 N–H and O–H groups in total. The highest BCUT2D eigenvalue weighted by atomic mass is 16.5. The fourth-order valence-corrected chi connectivity index (χ4v) is 3.71. The van der Waals surface area contributed by atoms with E-state index in [2.05, 4.69) is 11.5 Å². The molecule has 0 bridgehead atoms. The van der Waals surface area contributed by atoms with Gasteiger partial charge in [-0.2, -0.15) is 0 Å². The third-order valence-corrected chi connectivity index (χ3v) is 4.88. The zero-order valence-corrected chi connectivity index (χ0v) is 12.7. The lowest BCUT2D eigenvalue weighted by Gasteiger charge is -2.42. The number of nitrogens with zero attached hydrogens (tertiary/aromatic N) is 1. The molecule has 2 rings (SSSR count). The molecule has 0 unspecified atom stereocenters. The molecule has 2 aliphatic rings. The highest BCUT2D eigenvalue weighted by molar-refractivity contribution is 5.88. The molecule has 0 radical (unpaired) electrons. The average molecular weight is 279 g/mol. The van der Waals surface area contributed by atoms with Gasteiger partial charge < -0.3 is 4.74 Å². The third kappa shape index (κ3) is 3.70. The second-order valence-corrected chi connectivity index (χ2v) is 6.15. The van der Waals surface area contributed by atoms with Gasteiger partial charge in [-0.25, -0.2) is 0 Å². The summed E-state index contributed by atoms with van der Waals surface area (Å²) in [6.45, 7) is 7.18. The van der Waals surface area contributed by atoms with Crippen LogP contribution in [0, 0.1) is 0 Å². The molecular weight excluding hydrogens is 250 g/mol. The quantitative estimate of drug-likeness (QED) is 0.504. The summed E-state index contributed by atoms with van der Waals surface area (Å²) in [4.78, 5) is 15.2. The van der Waals surface area contributed by atoms with E-state index in [9.17, 15) is 4.79 Å². The van der Waals surface area contributed by atoms with Crippen molar-refractivity contribution in [3.8, 4) is 0 Å². The number of morpholine rings is 1. The van der Waals surface area contributed by atoms with Crippen LogP contribution in [0.2, 0.25) is 0 Å². The van der Waals surface area contributed by atoms with Gasteiger partial charge in [0.2, 0.25) is 0 Å². The van der Waals surface area contributed by atoms with Crippen molar-refractivity contribution < 1.29 is 9.53 Å². The Hall–Kier alpha value is -0.670. The maximum Gasteiger partial charge on any atom is 0.153 e. The molecule has 20 heavy (non-hydrogen) atoms. The van der Waals surface area contributed by atoms with E-state index in [0.29, 0.717) is 5.78 Å². The molecule has 114 valence electrons. The van der Waals surface area contributed by atoms with Crippen LogP contribution in [0.1, 0.15) is 57.8 Å². The number of ether oxygens (including phenoxy) is 1. The molecule has 1 aliphatic heterocycles. The molecule has 1 heterocycles. The Balaban J connectivity index is 1.86. The molecule has 3 heteroatoms. The van der Waals surface area contributed by atoms with Crippen molar-refractivity contribution in [2.75, 3.05) is 26.3 Å². The van der Waals surface area contributed by atoms with Crippen molar-refractivity contribution in [3.63, 3.8) is 0 Å². The summed E-state index contributed by atoms with van der Waals surface area (Å²) in [7, 11) is 0. The maximum atomic E-state index is 12.8. The summed E-state index contributed by atoms with van der Waals surface area (Å²) in [5.74, 6) is 0.496. The first kappa shape index (κ1) is 15.7. The summed E-state index contributed by atoms with van der Waals surface area (Å²) in [5.41, 5.74) is -0.137. The number of hydrogen-bond donors (Lipinski definition) is 0. The third-order valence-electron chi connectivity index (χ3n) is 4.88. The topological polar surface area (TPSA) is 29.5 Å². The van der Waals surface area contributed by atoms with Gasteiger partial charge >= 0.3 is 0 Å². The summed E-state index contributed by atoms with van der Waals surface area (Å²) >= 11 is 0. The van der Waals surface area contributed by atoms with E-state index in [4.69, 9.17) is 4.74 Å². The van der Waals surface area contributed by atoms with Crippen molar-refractivity contribution in [1.82, 2.24) is 4.90 Å². The molecular formula is C17H29NO2. The Morgan fingerprint density at radius 1 is 1.15 bits per heavy atom.